The van der Waals surface area contributed by atoms with Gasteiger partial charge in [-0.3, -0.25) is 9.78 Å². The van der Waals surface area contributed by atoms with Crippen molar-refractivity contribution < 1.29 is 9.53 Å². The van der Waals surface area contributed by atoms with Gasteiger partial charge >= 0.3 is 0 Å². The number of aryl methyl sites for hydroxylation is 1. The number of methoxy groups -OCH3 is 1. The maximum Gasteiger partial charge on any atom is 0.274 e. The number of hydrogen-bond acceptors (Lipinski definition) is 4. The lowest BCUT2D eigenvalue weighted by molar-refractivity contribution is 0.102. The summed E-state index contributed by atoms with van der Waals surface area (Å²) in [6.07, 6.45) is 1.59. The van der Waals surface area contributed by atoms with E-state index in [0.717, 1.165) is 11.3 Å². The van der Waals surface area contributed by atoms with Crippen molar-refractivity contribution in [2.24, 2.45) is 0 Å². The molecule has 20 heavy (non-hydrogen) atoms. The fourth-order valence-electron chi connectivity index (χ4n) is 1.82. The second-order valence-electron chi connectivity index (χ2n) is 4.34. The Labute approximate surface area is 118 Å². The first-order valence-electron chi connectivity index (χ1n) is 6.24. The number of rotatable bonds is 4. The van der Waals surface area contributed by atoms with Crippen LogP contribution in [0.5, 0.6) is 5.75 Å². The van der Waals surface area contributed by atoms with Crippen LogP contribution in [0.15, 0.2) is 36.5 Å². The van der Waals surface area contributed by atoms with Crippen LogP contribution in [0.1, 0.15) is 16.1 Å². The fraction of sp³-hybridized carbons (Fsp3) is 0.200. The Bertz CT molecular complexity index is 626. The van der Waals surface area contributed by atoms with Crippen molar-refractivity contribution in [3.63, 3.8) is 0 Å². The number of nitrogens with one attached hydrogen (secondary N) is 2. The number of nitrogens with zero attached hydrogens (tertiary/aromatic N) is 1. The molecule has 0 bridgehead atoms. The Morgan fingerprint density at radius 2 is 2.05 bits per heavy atom. The molecule has 0 saturated heterocycles. The fourth-order valence-corrected chi connectivity index (χ4v) is 1.82. The maximum absolute atomic E-state index is 12.2. The number of ether oxygens (including phenoxy) is 1. The largest absolute Gasteiger partial charge is 0.495 e. The van der Waals surface area contributed by atoms with Crippen molar-refractivity contribution in [3.8, 4) is 5.75 Å². The first kappa shape index (κ1) is 13.9. The first-order valence-corrected chi connectivity index (χ1v) is 6.24. The van der Waals surface area contributed by atoms with Crippen LogP contribution in [-0.4, -0.2) is 25.0 Å². The summed E-state index contributed by atoms with van der Waals surface area (Å²) in [6.45, 7) is 1.95. The monoisotopic (exact) mass is 271 g/mol. The smallest absolute Gasteiger partial charge is 0.274 e. The van der Waals surface area contributed by atoms with Gasteiger partial charge in [-0.15, -0.1) is 0 Å². The third kappa shape index (κ3) is 3.06. The number of benzene rings is 1. The molecule has 1 aromatic carbocycles. The molecule has 0 spiro atoms. The van der Waals surface area contributed by atoms with Crippen molar-refractivity contribution in [1.82, 2.24) is 4.98 Å². The summed E-state index contributed by atoms with van der Waals surface area (Å²) < 4.78 is 5.23. The van der Waals surface area contributed by atoms with E-state index >= 15 is 0 Å². The van der Waals surface area contributed by atoms with E-state index in [0.29, 0.717) is 17.1 Å². The molecule has 0 fully saturated rings. The number of amides is 1. The van der Waals surface area contributed by atoms with Crippen LogP contribution < -0.4 is 15.4 Å². The number of carbonyl (C=O) groups excluding carboxylic acids is 1. The van der Waals surface area contributed by atoms with Crippen molar-refractivity contribution in [1.29, 1.82) is 0 Å². The zero-order valence-electron chi connectivity index (χ0n) is 11.7. The highest BCUT2D eigenvalue weighted by molar-refractivity contribution is 6.04. The van der Waals surface area contributed by atoms with Crippen LogP contribution in [0.25, 0.3) is 0 Å². The number of hydrogen-bond donors (Lipinski definition) is 2. The third-order valence-corrected chi connectivity index (χ3v) is 2.88. The van der Waals surface area contributed by atoms with Gasteiger partial charge in [-0.1, -0.05) is 6.07 Å². The minimum absolute atomic E-state index is 0.272. The van der Waals surface area contributed by atoms with E-state index in [4.69, 9.17) is 4.74 Å². The van der Waals surface area contributed by atoms with E-state index < -0.39 is 0 Å². The summed E-state index contributed by atoms with van der Waals surface area (Å²) in [5.74, 6) is 0.347. The van der Waals surface area contributed by atoms with E-state index in [-0.39, 0.29) is 5.91 Å². The molecule has 0 aliphatic heterocycles. The van der Waals surface area contributed by atoms with Crippen LogP contribution >= 0.6 is 0 Å². The minimum atomic E-state index is -0.272. The Kier molecular flexibility index (Phi) is 4.20. The SMILES string of the molecule is CNc1ccnc(C(=O)Nc2cc(C)ccc2OC)c1. The molecule has 0 unspecified atom stereocenters. The van der Waals surface area contributed by atoms with Gasteiger partial charge in [0.1, 0.15) is 11.4 Å². The van der Waals surface area contributed by atoms with E-state index in [9.17, 15) is 4.79 Å². The van der Waals surface area contributed by atoms with Crippen LogP contribution in [0.2, 0.25) is 0 Å². The van der Waals surface area contributed by atoms with Gasteiger partial charge in [-0.05, 0) is 36.8 Å². The Morgan fingerprint density at radius 1 is 1.25 bits per heavy atom. The molecule has 1 aromatic heterocycles. The van der Waals surface area contributed by atoms with Gasteiger partial charge in [0.2, 0.25) is 0 Å². The average molecular weight is 271 g/mol. The quantitative estimate of drug-likeness (QED) is 0.897. The third-order valence-electron chi connectivity index (χ3n) is 2.88. The molecule has 0 saturated carbocycles. The number of anilines is 2. The average Bonchev–Trinajstić information content (AvgIpc) is 2.47. The topological polar surface area (TPSA) is 63.2 Å². The lowest BCUT2D eigenvalue weighted by Gasteiger charge is -2.11. The predicted molar refractivity (Wildman–Crippen MR) is 79.5 cm³/mol. The van der Waals surface area contributed by atoms with Gasteiger partial charge in [0.25, 0.3) is 5.91 Å². The van der Waals surface area contributed by atoms with Gasteiger partial charge in [-0.25, -0.2) is 0 Å². The molecule has 1 amide bonds. The van der Waals surface area contributed by atoms with Gasteiger partial charge in [0.15, 0.2) is 0 Å². The number of aromatic nitrogens is 1. The molecule has 2 rings (SSSR count). The van der Waals surface area contributed by atoms with Crippen LogP contribution in [0.4, 0.5) is 11.4 Å². The van der Waals surface area contributed by atoms with Crippen molar-refractivity contribution in [2.45, 2.75) is 6.92 Å². The van der Waals surface area contributed by atoms with Crippen molar-refractivity contribution in [3.05, 3.63) is 47.8 Å². The van der Waals surface area contributed by atoms with Crippen LogP contribution in [-0.2, 0) is 0 Å². The summed E-state index contributed by atoms with van der Waals surface area (Å²) in [4.78, 5) is 16.3. The van der Waals surface area contributed by atoms with Gasteiger partial charge in [0, 0.05) is 18.9 Å². The van der Waals surface area contributed by atoms with E-state index in [1.54, 1.807) is 32.5 Å². The molecule has 1 heterocycles. The summed E-state index contributed by atoms with van der Waals surface area (Å²) in [5.41, 5.74) is 2.86. The molecule has 0 aliphatic rings. The van der Waals surface area contributed by atoms with E-state index in [1.165, 1.54) is 0 Å². The molecule has 5 nitrogen and oxygen atoms in total. The van der Waals surface area contributed by atoms with Crippen LogP contribution in [0.3, 0.4) is 0 Å². The highest BCUT2D eigenvalue weighted by Crippen LogP contribution is 2.25. The number of pyridine rings is 1. The second kappa shape index (κ2) is 6.06. The molecule has 2 aromatic rings. The normalized spacial score (nSPS) is 9.95. The maximum atomic E-state index is 12.2. The Hall–Kier alpha value is -2.56. The highest BCUT2D eigenvalue weighted by atomic mass is 16.5. The standard InChI is InChI=1S/C15H17N3O2/c1-10-4-5-14(20-3)12(8-10)18-15(19)13-9-11(16-2)6-7-17-13/h4-9H,1-3H3,(H,16,17)(H,18,19). The molecule has 104 valence electrons. The zero-order valence-corrected chi connectivity index (χ0v) is 11.7. The Balaban J connectivity index is 2.25. The van der Waals surface area contributed by atoms with E-state index in [1.807, 2.05) is 25.1 Å². The molecule has 2 N–H and O–H groups in total. The molecule has 0 radical (unpaired) electrons. The summed E-state index contributed by atoms with van der Waals surface area (Å²) >= 11 is 0. The number of carbonyl (C=O) groups is 1. The minimum Gasteiger partial charge on any atom is -0.495 e. The predicted octanol–water partition coefficient (Wildman–Crippen LogP) is 2.69. The van der Waals surface area contributed by atoms with Crippen molar-refractivity contribution in [2.75, 3.05) is 24.8 Å². The second-order valence-corrected chi connectivity index (χ2v) is 4.34. The lowest BCUT2D eigenvalue weighted by Crippen LogP contribution is -2.14. The van der Waals surface area contributed by atoms with E-state index in [2.05, 4.69) is 15.6 Å². The molecule has 0 atom stereocenters. The summed E-state index contributed by atoms with van der Waals surface area (Å²) in [6, 6.07) is 9.09. The molecular formula is C15H17N3O2. The summed E-state index contributed by atoms with van der Waals surface area (Å²) in [5, 5.41) is 5.79. The van der Waals surface area contributed by atoms with Gasteiger partial charge in [-0.2, -0.15) is 0 Å². The first-order chi connectivity index (χ1) is 9.63. The van der Waals surface area contributed by atoms with Crippen molar-refractivity contribution >= 4 is 17.3 Å². The highest BCUT2D eigenvalue weighted by Gasteiger charge is 2.11. The Morgan fingerprint density at radius 3 is 2.75 bits per heavy atom. The molecule has 0 aliphatic carbocycles. The lowest BCUT2D eigenvalue weighted by atomic mass is 10.2. The zero-order chi connectivity index (χ0) is 14.5. The molecule has 5 heteroatoms. The van der Waals surface area contributed by atoms with Crippen LogP contribution in [0, 0.1) is 6.92 Å². The van der Waals surface area contributed by atoms with Gasteiger partial charge < -0.3 is 15.4 Å². The molecular weight excluding hydrogens is 254 g/mol. The summed E-state index contributed by atoms with van der Waals surface area (Å²) in [7, 11) is 3.36. The van der Waals surface area contributed by atoms with Gasteiger partial charge in [0.05, 0.1) is 12.8 Å².